The first kappa shape index (κ1) is 15.2. The molecule has 108 valence electrons. The van der Waals surface area contributed by atoms with E-state index in [9.17, 15) is 8.42 Å². The highest BCUT2D eigenvalue weighted by atomic mass is 32.2. The summed E-state index contributed by atoms with van der Waals surface area (Å²) in [5.41, 5.74) is 3.42. The molecule has 0 radical (unpaired) electrons. The van der Waals surface area contributed by atoms with Gasteiger partial charge in [0.15, 0.2) is 0 Å². The molecule has 0 spiro atoms. The first-order valence-electron chi connectivity index (χ1n) is 6.69. The van der Waals surface area contributed by atoms with Crippen LogP contribution in [0.15, 0.2) is 41.1 Å². The fourth-order valence-electron chi connectivity index (χ4n) is 1.87. The third-order valence-corrected chi connectivity index (χ3v) is 5.11. The van der Waals surface area contributed by atoms with Crippen LogP contribution < -0.4 is 4.72 Å². The molecule has 0 unspecified atom stereocenters. The average molecular weight is 309 g/mol. The van der Waals surface area contributed by atoms with E-state index in [0.717, 1.165) is 12.0 Å². The molecule has 1 N–H and O–H groups in total. The standard InChI is InChI=1S/C15H19NO2S2/c1-2-9-16-20(17,18)11-8-13-3-5-14(6-4-13)15-7-10-19-12-15/h3-7,10,12,16H,2,8-9,11H2,1H3. The van der Waals surface area contributed by atoms with Gasteiger partial charge in [0.2, 0.25) is 10.0 Å². The Morgan fingerprint density at radius 1 is 1.10 bits per heavy atom. The third kappa shape index (κ3) is 4.44. The van der Waals surface area contributed by atoms with Crippen LogP contribution in [0.4, 0.5) is 0 Å². The molecule has 0 saturated heterocycles. The van der Waals surface area contributed by atoms with Crippen molar-refractivity contribution in [3.05, 3.63) is 46.7 Å². The molecule has 3 nitrogen and oxygen atoms in total. The molecular formula is C15H19NO2S2. The lowest BCUT2D eigenvalue weighted by molar-refractivity contribution is 0.580. The molecule has 0 aliphatic heterocycles. The Labute approximate surface area is 124 Å². The average Bonchev–Trinajstić information content (AvgIpc) is 2.98. The normalized spacial score (nSPS) is 11.7. The number of nitrogens with one attached hydrogen (secondary N) is 1. The van der Waals surface area contributed by atoms with Crippen molar-refractivity contribution in [2.24, 2.45) is 0 Å². The van der Waals surface area contributed by atoms with Crippen molar-refractivity contribution >= 4 is 21.4 Å². The van der Waals surface area contributed by atoms with Gasteiger partial charge in [0.1, 0.15) is 0 Å². The van der Waals surface area contributed by atoms with Gasteiger partial charge in [-0.2, -0.15) is 11.3 Å². The molecule has 5 heteroatoms. The van der Waals surface area contributed by atoms with Crippen molar-refractivity contribution in [1.82, 2.24) is 4.72 Å². The zero-order chi connectivity index (χ0) is 14.4. The molecule has 1 aromatic carbocycles. The summed E-state index contributed by atoms with van der Waals surface area (Å²) in [5.74, 6) is 0.144. The molecule has 0 aliphatic carbocycles. The van der Waals surface area contributed by atoms with Crippen molar-refractivity contribution in [1.29, 1.82) is 0 Å². The van der Waals surface area contributed by atoms with E-state index in [0.29, 0.717) is 13.0 Å². The Hall–Kier alpha value is -1.17. The second-order valence-corrected chi connectivity index (χ2v) is 7.38. The minimum absolute atomic E-state index is 0.144. The lowest BCUT2D eigenvalue weighted by atomic mass is 10.1. The van der Waals surface area contributed by atoms with Gasteiger partial charge in [-0.25, -0.2) is 13.1 Å². The molecular weight excluding hydrogens is 290 g/mol. The highest BCUT2D eigenvalue weighted by Crippen LogP contribution is 2.22. The van der Waals surface area contributed by atoms with E-state index in [-0.39, 0.29) is 5.75 Å². The number of hydrogen-bond acceptors (Lipinski definition) is 3. The Morgan fingerprint density at radius 2 is 1.85 bits per heavy atom. The number of sulfonamides is 1. The number of benzene rings is 1. The molecule has 2 aromatic rings. The predicted molar refractivity (Wildman–Crippen MR) is 85.5 cm³/mol. The zero-order valence-corrected chi connectivity index (χ0v) is 13.1. The first-order valence-corrected chi connectivity index (χ1v) is 9.29. The topological polar surface area (TPSA) is 46.2 Å². The van der Waals surface area contributed by atoms with Crippen molar-refractivity contribution in [3.63, 3.8) is 0 Å². The van der Waals surface area contributed by atoms with Crippen molar-refractivity contribution in [2.75, 3.05) is 12.3 Å². The van der Waals surface area contributed by atoms with Crippen LogP contribution in [0.5, 0.6) is 0 Å². The molecule has 0 amide bonds. The second-order valence-electron chi connectivity index (χ2n) is 4.67. The van der Waals surface area contributed by atoms with Gasteiger partial charge in [0.25, 0.3) is 0 Å². The summed E-state index contributed by atoms with van der Waals surface area (Å²) in [5, 5.41) is 4.16. The molecule has 20 heavy (non-hydrogen) atoms. The summed E-state index contributed by atoms with van der Waals surface area (Å²) in [4.78, 5) is 0. The molecule has 1 aromatic heterocycles. The third-order valence-electron chi connectivity index (χ3n) is 3.04. The van der Waals surface area contributed by atoms with Crippen LogP contribution in [0.2, 0.25) is 0 Å². The van der Waals surface area contributed by atoms with Crippen molar-refractivity contribution < 1.29 is 8.42 Å². The van der Waals surface area contributed by atoms with E-state index in [1.165, 1.54) is 11.1 Å². The second kappa shape index (κ2) is 7.02. The van der Waals surface area contributed by atoms with E-state index in [4.69, 9.17) is 0 Å². The van der Waals surface area contributed by atoms with E-state index in [1.54, 1.807) is 11.3 Å². The Balaban J connectivity index is 1.94. The van der Waals surface area contributed by atoms with Crippen LogP contribution in [0.25, 0.3) is 11.1 Å². The summed E-state index contributed by atoms with van der Waals surface area (Å²) >= 11 is 1.67. The summed E-state index contributed by atoms with van der Waals surface area (Å²) in [7, 11) is -3.14. The van der Waals surface area contributed by atoms with E-state index >= 15 is 0 Å². The van der Waals surface area contributed by atoms with E-state index in [2.05, 4.69) is 21.5 Å². The van der Waals surface area contributed by atoms with Crippen LogP contribution in [0, 0.1) is 0 Å². The Bertz CT molecular complexity index is 616. The fraction of sp³-hybridized carbons (Fsp3) is 0.333. The van der Waals surface area contributed by atoms with Gasteiger partial charge in [-0.1, -0.05) is 31.2 Å². The number of rotatable bonds is 7. The molecule has 0 fully saturated rings. The van der Waals surface area contributed by atoms with E-state index in [1.807, 2.05) is 31.2 Å². The quantitative estimate of drug-likeness (QED) is 0.853. The molecule has 0 atom stereocenters. The Kier molecular flexibility index (Phi) is 5.34. The van der Waals surface area contributed by atoms with E-state index < -0.39 is 10.0 Å². The molecule has 0 saturated carbocycles. The van der Waals surface area contributed by atoms with Crippen LogP contribution >= 0.6 is 11.3 Å². The monoisotopic (exact) mass is 309 g/mol. The minimum atomic E-state index is -3.14. The highest BCUT2D eigenvalue weighted by molar-refractivity contribution is 7.89. The van der Waals surface area contributed by atoms with Crippen molar-refractivity contribution in [3.8, 4) is 11.1 Å². The molecule has 2 rings (SSSR count). The van der Waals surface area contributed by atoms with Crippen LogP contribution in [-0.4, -0.2) is 20.7 Å². The number of aryl methyl sites for hydroxylation is 1. The maximum atomic E-state index is 11.7. The zero-order valence-electron chi connectivity index (χ0n) is 11.5. The molecule has 0 aliphatic rings. The lowest BCUT2D eigenvalue weighted by Crippen LogP contribution is -2.27. The predicted octanol–water partition coefficient (Wildman–Crippen LogP) is 3.29. The SMILES string of the molecule is CCCNS(=O)(=O)CCc1ccc(-c2ccsc2)cc1. The maximum Gasteiger partial charge on any atom is 0.211 e. The molecule has 1 heterocycles. The first-order chi connectivity index (χ1) is 9.61. The summed E-state index contributed by atoms with van der Waals surface area (Å²) < 4.78 is 26.0. The minimum Gasteiger partial charge on any atom is -0.215 e. The highest BCUT2D eigenvalue weighted by Gasteiger charge is 2.09. The van der Waals surface area contributed by atoms with Gasteiger partial charge in [-0.15, -0.1) is 0 Å². The number of thiophene rings is 1. The largest absolute Gasteiger partial charge is 0.215 e. The lowest BCUT2D eigenvalue weighted by Gasteiger charge is -2.06. The fourth-order valence-corrected chi connectivity index (χ4v) is 3.70. The van der Waals surface area contributed by atoms with Gasteiger partial charge in [0.05, 0.1) is 5.75 Å². The maximum absolute atomic E-state index is 11.7. The van der Waals surface area contributed by atoms with Gasteiger partial charge in [-0.3, -0.25) is 0 Å². The van der Waals surface area contributed by atoms with Crippen molar-refractivity contribution in [2.45, 2.75) is 19.8 Å². The van der Waals surface area contributed by atoms with Crippen LogP contribution in [0.1, 0.15) is 18.9 Å². The summed E-state index contributed by atoms with van der Waals surface area (Å²) in [6.07, 6.45) is 1.36. The summed E-state index contributed by atoms with van der Waals surface area (Å²) in [6, 6.07) is 10.2. The van der Waals surface area contributed by atoms with Crippen LogP contribution in [0.3, 0.4) is 0 Å². The van der Waals surface area contributed by atoms with Crippen LogP contribution in [-0.2, 0) is 16.4 Å². The van der Waals surface area contributed by atoms with Gasteiger partial charge in [0, 0.05) is 6.54 Å². The van der Waals surface area contributed by atoms with Gasteiger partial charge < -0.3 is 0 Å². The van der Waals surface area contributed by atoms with Gasteiger partial charge in [-0.05, 0) is 46.4 Å². The van der Waals surface area contributed by atoms with Gasteiger partial charge >= 0.3 is 0 Å². The summed E-state index contributed by atoms with van der Waals surface area (Å²) in [6.45, 7) is 2.46. The smallest absolute Gasteiger partial charge is 0.211 e. The number of hydrogen-bond donors (Lipinski definition) is 1. The Morgan fingerprint density at radius 3 is 2.45 bits per heavy atom. The molecule has 0 bridgehead atoms.